The van der Waals surface area contributed by atoms with Crippen molar-refractivity contribution in [2.75, 3.05) is 26.5 Å². The minimum atomic E-state index is -3.58. The molecule has 0 spiro atoms. The lowest BCUT2D eigenvalue weighted by molar-refractivity contribution is -0.140. The van der Waals surface area contributed by atoms with Crippen LogP contribution in [0.2, 0.25) is 0 Å². The smallest absolute Gasteiger partial charge is 0.226 e. The van der Waals surface area contributed by atoms with E-state index in [0.717, 1.165) is 40.9 Å². The normalized spacial score (nSPS) is 26.8. The van der Waals surface area contributed by atoms with Gasteiger partial charge in [-0.2, -0.15) is 0 Å². The standard InChI is InChI=1S/C39H48N4O7S2/c1-22(2)31-20-51-37(41-31)30-18-33(27-13-14-32(49-5)23(3)35(27)40-30)50-25-16-28-29(17-25)38(46)43(4)15-9-7-6-8-10-24-19-39(24,42-36(28)45)34(44)21-52(47,48)26-11-12-26/h8,10,13-14,18,20,22,24-26,28-29H,6-7,9,11-12,15-17,19,21H2,1-5H3,(H,42,45)/t24-,25-,28-,29-,39-/m1/s1. The van der Waals surface area contributed by atoms with Crippen molar-refractivity contribution in [3.05, 3.63) is 47.0 Å². The first-order valence-electron chi connectivity index (χ1n) is 18.4. The Balaban J connectivity index is 1.21. The molecule has 52 heavy (non-hydrogen) atoms. The first-order valence-corrected chi connectivity index (χ1v) is 21.0. The van der Waals surface area contributed by atoms with Crippen LogP contribution in [0.1, 0.15) is 82.4 Å². The summed E-state index contributed by atoms with van der Waals surface area (Å²) in [6.07, 6.45) is 7.97. The summed E-state index contributed by atoms with van der Waals surface area (Å²) in [6.45, 7) is 6.71. The number of sulfone groups is 1. The Hall–Kier alpha value is -3.84. The molecule has 2 amide bonds. The van der Waals surface area contributed by atoms with Crippen molar-refractivity contribution in [1.29, 1.82) is 0 Å². The molecule has 0 saturated heterocycles. The molecule has 3 heterocycles. The van der Waals surface area contributed by atoms with E-state index < -0.39 is 56.0 Å². The molecule has 3 fully saturated rings. The van der Waals surface area contributed by atoms with Crippen LogP contribution >= 0.6 is 11.3 Å². The average molecular weight is 749 g/mol. The Morgan fingerprint density at radius 2 is 1.88 bits per heavy atom. The Morgan fingerprint density at radius 3 is 2.60 bits per heavy atom. The number of rotatable bonds is 9. The summed E-state index contributed by atoms with van der Waals surface area (Å²) >= 11 is 1.52. The van der Waals surface area contributed by atoms with Crippen molar-refractivity contribution >= 4 is 49.7 Å². The second-order valence-corrected chi connectivity index (χ2v) is 18.5. The Labute approximate surface area is 309 Å². The zero-order valence-corrected chi connectivity index (χ0v) is 32.1. The van der Waals surface area contributed by atoms with Crippen LogP contribution in [-0.4, -0.2) is 84.2 Å². The van der Waals surface area contributed by atoms with E-state index in [-0.39, 0.29) is 24.2 Å². The minimum Gasteiger partial charge on any atom is -0.496 e. The molecular weight excluding hydrogens is 701 g/mol. The maximum atomic E-state index is 14.3. The second-order valence-electron chi connectivity index (χ2n) is 15.3. The number of methoxy groups -OCH3 is 1. The molecule has 3 aliphatic carbocycles. The van der Waals surface area contributed by atoms with Crippen LogP contribution in [0.15, 0.2) is 35.7 Å². The van der Waals surface area contributed by atoms with Gasteiger partial charge < -0.3 is 19.7 Å². The number of Topliss-reactive ketones (excluding diaryl/α,β-unsaturated/α-hetero) is 1. The zero-order chi connectivity index (χ0) is 36.9. The van der Waals surface area contributed by atoms with Crippen LogP contribution in [0, 0.1) is 24.7 Å². The van der Waals surface area contributed by atoms with E-state index in [1.165, 1.54) is 11.3 Å². The van der Waals surface area contributed by atoms with Gasteiger partial charge in [-0.15, -0.1) is 11.3 Å². The largest absolute Gasteiger partial charge is 0.496 e. The quantitative estimate of drug-likeness (QED) is 0.269. The first-order chi connectivity index (χ1) is 24.8. The number of aromatic nitrogens is 2. The van der Waals surface area contributed by atoms with E-state index >= 15 is 0 Å². The predicted molar refractivity (Wildman–Crippen MR) is 200 cm³/mol. The van der Waals surface area contributed by atoms with Gasteiger partial charge in [0.05, 0.1) is 35.4 Å². The van der Waals surface area contributed by atoms with Gasteiger partial charge in [0.15, 0.2) is 15.6 Å². The molecule has 2 aromatic heterocycles. The van der Waals surface area contributed by atoms with Crippen molar-refractivity contribution < 1.29 is 32.3 Å². The van der Waals surface area contributed by atoms with Crippen LogP contribution < -0.4 is 14.8 Å². The van der Waals surface area contributed by atoms with Gasteiger partial charge in [0.1, 0.15) is 39.6 Å². The van der Waals surface area contributed by atoms with Crippen LogP contribution in [0.3, 0.4) is 0 Å². The van der Waals surface area contributed by atoms with E-state index in [2.05, 4.69) is 19.2 Å². The van der Waals surface area contributed by atoms with Gasteiger partial charge in [-0.1, -0.05) is 26.0 Å². The van der Waals surface area contributed by atoms with Gasteiger partial charge in [-0.05, 0) is 76.3 Å². The summed E-state index contributed by atoms with van der Waals surface area (Å²) in [5, 5.41) is 6.14. The van der Waals surface area contributed by atoms with Gasteiger partial charge in [-0.25, -0.2) is 18.4 Å². The molecule has 7 rings (SSSR count). The number of hydrogen-bond donors (Lipinski definition) is 1. The molecule has 11 nitrogen and oxygen atoms in total. The minimum absolute atomic E-state index is 0.132. The zero-order valence-electron chi connectivity index (χ0n) is 30.5. The third-order valence-electron chi connectivity index (χ3n) is 11.2. The molecule has 5 atom stereocenters. The molecule has 1 aliphatic heterocycles. The number of fused-ring (bicyclic) bond motifs is 3. The number of ether oxygens (including phenoxy) is 2. The lowest BCUT2D eigenvalue weighted by atomic mass is 9.92. The molecule has 3 saturated carbocycles. The summed E-state index contributed by atoms with van der Waals surface area (Å²) in [5.74, 6) is -1.77. The van der Waals surface area contributed by atoms with Crippen LogP contribution in [0.25, 0.3) is 21.6 Å². The maximum absolute atomic E-state index is 14.3. The van der Waals surface area contributed by atoms with Crippen molar-refractivity contribution in [1.82, 2.24) is 20.2 Å². The maximum Gasteiger partial charge on any atom is 0.226 e. The lowest BCUT2D eigenvalue weighted by Crippen LogP contribution is -2.51. The van der Waals surface area contributed by atoms with Gasteiger partial charge >= 0.3 is 0 Å². The fourth-order valence-electron chi connectivity index (χ4n) is 7.79. The number of ketones is 1. The number of hydrogen-bond acceptors (Lipinski definition) is 10. The predicted octanol–water partition coefficient (Wildman–Crippen LogP) is 5.79. The third-order valence-corrected chi connectivity index (χ3v) is 14.3. The topological polar surface area (TPSA) is 145 Å². The summed E-state index contributed by atoms with van der Waals surface area (Å²) in [6, 6.07) is 5.68. The first kappa shape index (κ1) is 36.5. The second kappa shape index (κ2) is 14.2. The van der Waals surface area contributed by atoms with E-state index in [1.807, 2.05) is 42.7 Å². The number of carbonyl (C=O) groups excluding carboxylic acids is 3. The van der Waals surface area contributed by atoms with Crippen molar-refractivity contribution in [3.8, 4) is 22.2 Å². The monoisotopic (exact) mass is 748 g/mol. The van der Waals surface area contributed by atoms with Crippen LogP contribution in [0.5, 0.6) is 11.5 Å². The Kier molecular flexibility index (Phi) is 9.96. The Morgan fingerprint density at radius 1 is 1.12 bits per heavy atom. The summed E-state index contributed by atoms with van der Waals surface area (Å²) in [7, 11) is -0.181. The van der Waals surface area contributed by atoms with E-state index in [0.29, 0.717) is 54.9 Å². The molecule has 1 aromatic carbocycles. The highest BCUT2D eigenvalue weighted by Gasteiger charge is 2.61. The fourth-order valence-corrected chi connectivity index (χ4v) is 10.4. The number of carbonyl (C=O) groups is 3. The molecule has 278 valence electrons. The molecule has 1 N–H and O–H groups in total. The van der Waals surface area contributed by atoms with Crippen molar-refractivity contribution in [2.24, 2.45) is 17.8 Å². The highest BCUT2D eigenvalue weighted by molar-refractivity contribution is 7.93. The molecular formula is C39H48N4O7S2. The SMILES string of the molecule is COc1ccc2c(O[C@@H]3C[C@H]4C(=O)N[C@]5(C(=O)CS(=O)(=O)C6CC6)C[C@H]5C=CCCCCN(C)C(=O)[C@@H]4C3)cc(-c3nc(C(C)C)cs3)nc2c1C. The fraction of sp³-hybridized carbons (Fsp3) is 0.564. The number of thiazole rings is 1. The molecule has 0 radical (unpaired) electrons. The number of pyridine rings is 1. The summed E-state index contributed by atoms with van der Waals surface area (Å²) in [5.41, 5.74) is 1.93. The molecule has 0 unspecified atom stereocenters. The van der Waals surface area contributed by atoms with E-state index in [4.69, 9.17) is 19.4 Å². The van der Waals surface area contributed by atoms with Crippen molar-refractivity contribution in [3.63, 3.8) is 0 Å². The number of allylic oxidation sites excluding steroid dienone is 1. The van der Waals surface area contributed by atoms with Crippen LogP contribution in [-0.2, 0) is 24.2 Å². The molecule has 3 aromatic rings. The number of aryl methyl sites for hydroxylation is 1. The summed E-state index contributed by atoms with van der Waals surface area (Å²) in [4.78, 5) is 53.7. The number of amides is 2. The number of benzene rings is 1. The number of nitrogens with one attached hydrogen (secondary N) is 1. The van der Waals surface area contributed by atoms with E-state index in [1.54, 1.807) is 19.1 Å². The van der Waals surface area contributed by atoms with Gasteiger partial charge in [0.2, 0.25) is 11.8 Å². The van der Waals surface area contributed by atoms with Gasteiger partial charge in [0, 0.05) is 41.9 Å². The van der Waals surface area contributed by atoms with Gasteiger partial charge in [-0.3, -0.25) is 14.4 Å². The molecule has 0 bridgehead atoms. The molecule has 13 heteroatoms. The average Bonchev–Trinajstić information content (AvgIpc) is 3.98. The highest BCUT2D eigenvalue weighted by Crippen LogP contribution is 2.48. The third kappa shape index (κ3) is 7.10. The number of nitrogens with zero attached hydrogens (tertiary/aromatic N) is 3. The lowest BCUT2D eigenvalue weighted by Gasteiger charge is -2.26. The van der Waals surface area contributed by atoms with Gasteiger partial charge in [0.25, 0.3) is 0 Å². The van der Waals surface area contributed by atoms with Crippen molar-refractivity contribution in [2.45, 2.75) is 94.9 Å². The molecule has 4 aliphatic rings. The summed E-state index contributed by atoms with van der Waals surface area (Å²) < 4.78 is 38.2. The van der Waals surface area contributed by atoms with Crippen LogP contribution in [0.4, 0.5) is 0 Å². The highest BCUT2D eigenvalue weighted by atomic mass is 32.2. The van der Waals surface area contributed by atoms with E-state index in [9.17, 15) is 22.8 Å². The Bertz CT molecular complexity index is 2040.